The first kappa shape index (κ1) is 45.8. The maximum absolute atomic E-state index is 14.4. The van der Waals surface area contributed by atoms with Gasteiger partial charge in [-0.1, -0.05) is 113 Å². The fourth-order valence-corrected chi connectivity index (χ4v) is 15.0. The van der Waals surface area contributed by atoms with E-state index >= 15 is 0 Å². The summed E-state index contributed by atoms with van der Waals surface area (Å²) in [5.74, 6) is -2.38. The van der Waals surface area contributed by atoms with Gasteiger partial charge in [0.1, 0.15) is 0 Å². The number of carboxylic acid groups (broad SMARTS) is 1. The van der Waals surface area contributed by atoms with Gasteiger partial charge in [0.05, 0.1) is 35.2 Å². The summed E-state index contributed by atoms with van der Waals surface area (Å²) in [6.45, 7) is 9.34. The number of nitrogens with zero attached hydrogens (tertiary/aromatic N) is 1. The summed E-state index contributed by atoms with van der Waals surface area (Å²) < 4.78 is 20.1. The van der Waals surface area contributed by atoms with E-state index in [9.17, 15) is 24.5 Å². The number of fused-ring (bicyclic) bond motifs is 3. The first-order valence-electron chi connectivity index (χ1n) is 21.3. The summed E-state index contributed by atoms with van der Waals surface area (Å²) in [4.78, 5) is 41.2. The molecule has 3 aromatic rings. The SMILES string of the molecule is CCC/C(=C\c1cc(I)c(O)c(OC)c1)CC[C@H]1OB(O)C[C@H]2C1=C(CO[Si](c1ccccc1)(c1ccccc1)C(C)(C)C)C[C@H]1C(=O)N(CCCCCC(=O)O)C(=O)[C@H]12. The van der Waals surface area contributed by atoms with Crippen LogP contribution >= 0.6 is 22.6 Å². The van der Waals surface area contributed by atoms with E-state index in [2.05, 4.69) is 105 Å². The number of aliphatic carboxylic acids is 1. The highest BCUT2D eigenvalue weighted by atomic mass is 127. The van der Waals surface area contributed by atoms with Crippen molar-refractivity contribution < 1.29 is 43.4 Å². The van der Waals surface area contributed by atoms with Gasteiger partial charge >= 0.3 is 13.1 Å². The van der Waals surface area contributed by atoms with Gasteiger partial charge in [0.15, 0.2) is 11.5 Å². The molecular weight excluding hydrogens is 888 g/mol. The highest BCUT2D eigenvalue weighted by molar-refractivity contribution is 14.1. The Morgan fingerprint density at radius 3 is 2.23 bits per heavy atom. The van der Waals surface area contributed by atoms with Crippen LogP contribution in [0.25, 0.3) is 6.08 Å². The van der Waals surface area contributed by atoms with Crippen LogP contribution in [0.5, 0.6) is 11.5 Å². The van der Waals surface area contributed by atoms with E-state index in [0.717, 1.165) is 39.9 Å². The molecule has 0 bridgehead atoms. The van der Waals surface area contributed by atoms with Crippen LogP contribution < -0.4 is 15.1 Å². The van der Waals surface area contributed by atoms with Crippen LogP contribution in [0, 0.1) is 21.3 Å². The fourth-order valence-electron chi connectivity index (χ4n) is 9.84. The quantitative estimate of drug-likeness (QED) is 0.0381. The Labute approximate surface area is 369 Å². The van der Waals surface area contributed by atoms with Crippen molar-refractivity contribution in [3.05, 3.63) is 98.6 Å². The number of allylic oxidation sites excluding steroid dienone is 1. The van der Waals surface area contributed by atoms with Gasteiger partial charge in [0.25, 0.3) is 8.32 Å². The molecule has 2 heterocycles. The van der Waals surface area contributed by atoms with Gasteiger partial charge in [-0.25, -0.2) is 0 Å². The number of ether oxygens (including phenoxy) is 1. The fraction of sp³-hybridized carbons (Fsp3) is 0.468. The Morgan fingerprint density at radius 1 is 0.967 bits per heavy atom. The molecule has 2 amide bonds. The highest BCUT2D eigenvalue weighted by Gasteiger charge is 2.58. The number of unbranched alkanes of at least 4 members (excludes halogenated alkanes) is 2. The Kier molecular flexibility index (Phi) is 15.2. The molecule has 0 spiro atoms. The number of benzene rings is 3. The lowest BCUT2D eigenvalue weighted by molar-refractivity contribution is -0.141. The molecule has 2 saturated heterocycles. The third kappa shape index (κ3) is 9.80. The van der Waals surface area contributed by atoms with Crippen LogP contribution in [0.1, 0.15) is 91.0 Å². The summed E-state index contributed by atoms with van der Waals surface area (Å²) >= 11 is 2.10. The van der Waals surface area contributed by atoms with Crippen LogP contribution in [0.3, 0.4) is 0 Å². The lowest BCUT2D eigenvalue weighted by atomic mass is 9.58. The second kappa shape index (κ2) is 20.0. The molecule has 60 heavy (non-hydrogen) atoms. The zero-order valence-corrected chi connectivity index (χ0v) is 38.7. The Bertz CT molecular complexity index is 2030. The van der Waals surface area contributed by atoms with E-state index < -0.39 is 45.3 Å². The number of rotatable bonds is 18. The summed E-state index contributed by atoms with van der Waals surface area (Å²) in [7, 11) is -2.59. The molecule has 10 nitrogen and oxygen atoms in total. The van der Waals surface area contributed by atoms with Crippen LogP contribution in [0.2, 0.25) is 11.4 Å². The monoisotopic (exact) mass is 947 g/mol. The number of carbonyl (C=O) groups excluding carboxylic acids is 2. The molecule has 0 aromatic heterocycles. The Balaban J connectivity index is 1.39. The van der Waals surface area contributed by atoms with Gasteiger partial charge < -0.3 is 29.1 Å². The number of phenolic OH excluding ortho intramolecular Hbond substituents is 1. The molecule has 13 heteroatoms. The van der Waals surface area contributed by atoms with Gasteiger partial charge in [-0.05, 0) is 118 Å². The normalized spacial score (nSPS) is 21.0. The van der Waals surface area contributed by atoms with E-state index in [1.54, 1.807) is 0 Å². The highest BCUT2D eigenvalue weighted by Crippen LogP contribution is 2.51. The van der Waals surface area contributed by atoms with Crippen LogP contribution in [0.4, 0.5) is 0 Å². The maximum Gasteiger partial charge on any atom is 0.455 e. The first-order chi connectivity index (χ1) is 28.7. The first-order valence-corrected chi connectivity index (χ1v) is 24.3. The molecular formula is C47H59BINO9Si. The van der Waals surface area contributed by atoms with Crippen LogP contribution in [-0.4, -0.2) is 79.7 Å². The predicted molar refractivity (Wildman–Crippen MR) is 246 cm³/mol. The second-order valence-corrected chi connectivity index (χ2v) is 22.9. The van der Waals surface area contributed by atoms with E-state index in [1.807, 2.05) is 24.3 Å². The van der Waals surface area contributed by atoms with Crippen molar-refractivity contribution >= 4 is 72.3 Å². The molecule has 2 aliphatic heterocycles. The second-order valence-electron chi connectivity index (χ2n) is 17.4. The summed E-state index contributed by atoms with van der Waals surface area (Å²) in [5.41, 5.74) is 4.04. The van der Waals surface area contributed by atoms with E-state index in [1.165, 1.54) is 17.6 Å². The minimum absolute atomic E-state index is 0.0497. The lowest BCUT2D eigenvalue weighted by Crippen LogP contribution is -2.66. The van der Waals surface area contributed by atoms with E-state index in [0.29, 0.717) is 47.8 Å². The average molecular weight is 948 g/mol. The van der Waals surface area contributed by atoms with Gasteiger partial charge in [-0.3, -0.25) is 19.3 Å². The minimum atomic E-state index is -3.01. The number of amides is 2. The number of hydrogen-bond acceptors (Lipinski definition) is 8. The van der Waals surface area contributed by atoms with Gasteiger partial charge in [0.2, 0.25) is 11.8 Å². The standard InChI is InChI=1S/C47H59BINO9Si/c1-6-16-31(25-32-26-38(49)44(53)40(27-32)57-5)22-23-39-42-33(30-58-60(47(2,3)4,34-17-10-7-11-18-34)35-19-12-8-13-20-35)28-36-43(37(42)29-48(56)59-39)46(55)50(45(36)54)24-15-9-14-21-41(51)52/h7-8,10-13,17-20,25-27,36-37,39,43,53,56H,6,9,14-16,21-24,28-30H2,1-5H3,(H,51,52)/b31-25+/t36-,37+,39-,43-/m1/s1. The molecule has 4 atom stereocenters. The van der Waals surface area contributed by atoms with Crippen LogP contribution in [0.15, 0.2) is 89.5 Å². The summed E-state index contributed by atoms with van der Waals surface area (Å²) in [5, 5.41) is 33.0. The minimum Gasteiger partial charge on any atom is -0.504 e. The molecule has 320 valence electrons. The van der Waals surface area contributed by atoms with Gasteiger partial charge in [-0.15, -0.1) is 0 Å². The Morgan fingerprint density at radius 2 is 1.63 bits per heavy atom. The van der Waals surface area contributed by atoms with Crippen molar-refractivity contribution in [1.82, 2.24) is 4.90 Å². The Hall–Kier alpha value is -3.76. The molecule has 0 saturated carbocycles. The number of carbonyl (C=O) groups is 3. The van der Waals surface area contributed by atoms with Crippen molar-refractivity contribution in [2.75, 3.05) is 20.3 Å². The summed E-state index contributed by atoms with van der Waals surface area (Å²) in [6, 6.07) is 24.6. The van der Waals surface area contributed by atoms with Gasteiger partial charge in [0, 0.05) is 13.0 Å². The number of imide groups is 1. The topological polar surface area (TPSA) is 143 Å². The third-order valence-electron chi connectivity index (χ3n) is 12.5. The number of hydrogen-bond donors (Lipinski definition) is 3. The molecule has 3 aromatic carbocycles. The number of aromatic hydroxyl groups is 1. The summed E-state index contributed by atoms with van der Waals surface area (Å²) in [6.07, 6.45) is 6.80. The molecule has 0 unspecified atom stereocenters. The maximum atomic E-state index is 14.4. The molecule has 1 aliphatic carbocycles. The van der Waals surface area contributed by atoms with Crippen molar-refractivity contribution in [2.45, 2.75) is 103 Å². The lowest BCUT2D eigenvalue weighted by Gasteiger charge is -2.46. The number of phenols is 1. The predicted octanol–water partition coefficient (Wildman–Crippen LogP) is 7.99. The number of likely N-dealkylation sites (tertiary alicyclic amines) is 1. The number of carboxylic acids is 1. The van der Waals surface area contributed by atoms with E-state index in [-0.39, 0.29) is 48.5 Å². The molecule has 6 rings (SSSR count). The van der Waals surface area contributed by atoms with Crippen molar-refractivity contribution in [1.29, 1.82) is 0 Å². The molecule has 0 radical (unpaired) electrons. The van der Waals surface area contributed by atoms with E-state index in [4.69, 9.17) is 18.9 Å². The molecule has 3 aliphatic rings. The van der Waals surface area contributed by atoms with Crippen molar-refractivity contribution in [3.63, 3.8) is 0 Å². The van der Waals surface area contributed by atoms with Gasteiger partial charge in [-0.2, -0.15) is 0 Å². The third-order valence-corrected chi connectivity index (χ3v) is 18.3. The van der Waals surface area contributed by atoms with Crippen molar-refractivity contribution in [3.8, 4) is 11.5 Å². The zero-order valence-electron chi connectivity index (χ0n) is 35.5. The smallest absolute Gasteiger partial charge is 0.455 e. The number of methoxy groups -OCH3 is 1. The van der Waals surface area contributed by atoms with Crippen LogP contribution in [-0.2, 0) is 23.5 Å². The number of halogens is 1. The zero-order chi connectivity index (χ0) is 43.2. The average Bonchev–Trinajstić information content (AvgIpc) is 3.45. The van der Waals surface area contributed by atoms with Crippen molar-refractivity contribution in [2.24, 2.45) is 17.8 Å². The molecule has 2 fully saturated rings. The largest absolute Gasteiger partial charge is 0.504 e. The molecule has 3 N–H and O–H groups in total.